The number of rotatable bonds is 6. The fourth-order valence-electron chi connectivity index (χ4n) is 1.78. The molecule has 4 nitrogen and oxygen atoms in total. The number of para-hydroxylation sites is 1. The van der Waals surface area contributed by atoms with Crippen LogP contribution in [-0.4, -0.2) is 22.7 Å². The van der Waals surface area contributed by atoms with Crippen molar-refractivity contribution in [3.63, 3.8) is 0 Å². The molecule has 2 rings (SSSR count). The lowest BCUT2D eigenvalue weighted by Crippen LogP contribution is -2.04. The summed E-state index contributed by atoms with van der Waals surface area (Å²) >= 11 is 0. The summed E-state index contributed by atoms with van der Waals surface area (Å²) in [6.07, 6.45) is 3.55. The van der Waals surface area contributed by atoms with Crippen LogP contribution in [0.5, 0.6) is 5.75 Å². The largest absolute Gasteiger partial charge is 0.493 e. The first-order valence-electron chi connectivity index (χ1n) is 6.09. The molecule has 0 saturated heterocycles. The number of carboxylic acid groups (broad SMARTS) is 1. The van der Waals surface area contributed by atoms with E-state index in [-0.39, 0.29) is 5.69 Å². The molecule has 0 fully saturated rings. The fraction of sp³-hybridized carbons (Fsp3) is 0.200. The predicted octanol–water partition coefficient (Wildman–Crippen LogP) is 3.28. The van der Waals surface area contributed by atoms with Gasteiger partial charge in [-0.05, 0) is 25.0 Å². The summed E-state index contributed by atoms with van der Waals surface area (Å²) in [5, 5.41) is 9.87. The average Bonchev–Trinajstić information content (AvgIpc) is 2.43. The molecule has 1 heterocycles. The van der Waals surface area contributed by atoms with Gasteiger partial charge in [0.1, 0.15) is 5.75 Å². The molecular weight excluding hydrogens is 242 g/mol. The summed E-state index contributed by atoms with van der Waals surface area (Å²) in [5.74, 6) is -0.492. The van der Waals surface area contributed by atoms with Gasteiger partial charge in [-0.25, -0.2) is 9.78 Å². The Morgan fingerprint density at radius 2 is 2.21 bits per heavy atom. The first-order chi connectivity index (χ1) is 9.22. The number of aromatic nitrogens is 1. The van der Waals surface area contributed by atoms with Crippen molar-refractivity contribution < 1.29 is 14.6 Å². The van der Waals surface area contributed by atoms with E-state index in [2.05, 4.69) is 11.6 Å². The maximum absolute atomic E-state index is 11.0. The second-order valence-electron chi connectivity index (χ2n) is 4.11. The number of carbonyl (C=O) groups is 1. The molecule has 0 aliphatic heterocycles. The second-order valence-corrected chi connectivity index (χ2v) is 4.11. The number of fused-ring (bicyclic) bond motifs is 1. The Morgan fingerprint density at radius 3 is 2.95 bits per heavy atom. The van der Waals surface area contributed by atoms with Crippen molar-refractivity contribution in [2.75, 3.05) is 6.61 Å². The summed E-state index contributed by atoms with van der Waals surface area (Å²) in [6.45, 7) is 4.18. The Hall–Kier alpha value is -2.36. The second kappa shape index (κ2) is 6.00. The third kappa shape index (κ3) is 3.10. The van der Waals surface area contributed by atoms with E-state index < -0.39 is 5.97 Å². The minimum atomic E-state index is -1.05. The molecule has 0 aliphatic rings. The number of benzene rings is 1. The lowest BCUT2D eigenvalue weighted by molar-refractivity contribution is 0.0690. The highest BCUT2D eigenvalue weighted by atomic mass is 16.5. The van der Waals surface area contributed by atoms with Gasteiger partial charge >= 0.3 is 5.97 Å². The van der Waals surface area contributed by atoms with E-state index in [0.717, 1.165) is 18.2 Å². The van der Waals surface area contributed by atoms with Gasteiger partial charge in [0, 0.05) is 11.5 Å². The first-order valence-corrected chi connectivity index (χ1v) is 6.09. The van der Waals surface area contributed by atoms with Gasteiger partial charge in [-0.15, -0.1) is 6.58 Å². The molecular formula is C15H15NO3. The van der Waals surface area contributed by atoms with Crippen LogP contribution in [0.3, 0.4) is 0 Å². The number of nitrogens with zero attached hydrogens (tertiary/aromatic N) is 1. The Morgan fingerprint density at radius 1 is 1.42 bits per heavy atom. The molecule has 0 unspecified atom stereocenters. The maximum Gasteiger partial charge on any atom is 0.354 e. The maximum atomic E-state index is 11.0. The van der Waals surface area contributed by atoms with Gasteiger partial charge in [0.2, 0.25) is 0 Å². The normalized spacial score (nSPS) is 10.3. The van der Waals surface area contributed by atoms with Crippen LogP contribution in [0.2, 0.25) is 0 Å². The molecule has 2 aromatic rings. The summed E-state index contributed by atoms with van der Waals surface area (Å²) < 4.78 is 5.66. The Labute approximate surface area is 111 Å². The average molecular weight is 257 g/mol. The van der Waals surface area contributed by atoms with Gasteiger partial charge < -0.3 is 9.84 Å². The summed E-state index contributed by atoms with van der Waals surface area (Å²) in [6, 6.07) is 8.82. The topological polar surface area (TPSA) is 59.4 Å². The van der Waals surface area contributed by atoms with Gasteiger partial charge in [0.15, 0.2) is 5.69 Å². The van der Waals surface area contributed by atoms with Crippen LogP contribution in [0.1, 0.15) is 23.3 Å². The Balaban J connectivity index is 2.33. The SMILES string of the molecule is C=CCCCOc1cc(C(=O)O)nc2ccccc12. The third-order valence-corrected chi connectivity index (χ3v) is 2.71. The zero-order valence-electron chi connectivity index (χ0n) is 10.5. The molecule has 1 aromatic carbocycles. The number of aromatic carboxylic acids is 1. The molecule has 0 aliphatic carbocycles. The molecule has 0 saturated carbocycles. The standard InChI is InChI=1S/C15H15NO3/c1-2-3-6-9-19-14-10-13(15(17)18)16-12-8-5-4-7-11(12)14/h2,4-5,7-8,10H,1,3,6,9H2,(H,17,18). The van der Waals surface area contributed by atoms with Crippen molar-refractivity contribution in [2.24, 2.45) is 0 Å². The molecule has 0 amide bonds. The molecule has 0 atom stereocenters. The van der Waals surface area contributed by atoms with Gasteiger partial charge in [0.05, 0.1) is 12.1 Å². The van der Waals surface area contributed by atoms with E-state index in [4.69, 9.17) is 9.84 Å². The molecule has 1 N–H and O–H groups in total. The summed E-state index contributed by atoms with van der Waals surface area (Å²) in [7, 11) is 0. The Bertz CT molecular complexity index is 607. The van der Waals surface area contributed by atoms with Gasteiger partial charge in [-0.2, -0.15) is 0 Å². The molecule has 4 heteroatoms. The van der Waals surface area contributed by atoms with E-state index in [1.165, 1.54) is 6.07 Å². The fourth-order valence-corrected chi connectivity index (χ4v) is 1.78. The quantitative estimate of drug-likeness (QED) is 0.637. The highest BCUT2D eigenvalue weighted by Gasteiger charge is 2.11. The van der Waals surface area contributed by atoms with Crippen LogP contribution in [0, 0.1) is 0 Å². The number of hydrogen-bond donors (Lipinski definition) is 1. The number of pyridine rings is 1. The number of hydrogen-bond acceptors (Lipinski definition) is 3. The highest BCUT2D eigenvalue weighted by Crippen LogP contribution is 2.25. The van der Waals surface area contributed by atoms with Gasteiger partial charge in [0.25, 0.3) is 0 Å². The predicted molar refractivity (Wildman–Crippen MR) is 73.6 cm³/mol. The van der Waals surface area contributed by atoms with Gasteiger partial charge in [-0.1, -0.05) is 18.2 Å². The van der Waals surface area contributed by atoms with Crippen molar-refractivity contribution >= 4 is 16.9 Å². The van der Waals surface area contributed by atoms with Gasteiger partial charge in [-0.3, -0.25) is 0 Å². The number of unbranched alkanes of at least 4 members (excludes halogenated alkanes) is 1. The van der Waals surface area contributed by atoms with Crippen LogP contribution in [0.4, 0.5) is 0 Å². The molecule has 0 spiro atoms. The van der Waals surface area contributed by atoms with E-state index in [1.807, 2.05) is 24.3 Å². The molecule has 0 bridgehead atoms. The smallest absolute Gasteiger partial charge is 0.354 e. The number of allylic oxidation sites excluding steroid dienone is 1. The monoisotopic (exact) mass is 257 g/mol. The summed E-state index contributed by atoms with van der Waals surface area (Å²) in [5.41, 5.74) is 0.624. The van der Waals surface area contributed by atoms with Crippen molar-refractivity contribution in [3.05, 3.63) is 48.7 Å². The highest BCUT2D eigenvalue weighted by molar-refractivity contribution is 5.93. The first kappa shape index (κ1) is 13.1. The molecule has 0 radical (unpaired) electrons. The zero-order valence-corrected chi connectivity index (χ0v) is 10.5. The number of carboxylic acids is 1. The Kier molecular flexibility index (Phi) is 4.13. The van der Waals surface area contributed by atoms with E-state index in [9.17, 15) is 4.79 Å². The minimum absolute atomic E-state index is 0.00239. The van der Waals surface area contributed by atoms with Crippen molar-refractivity contribution in [3.8, 4) is 5.75 Å². The van der Waals surface area contributed by atoms with Crippen LogP contribution >= 0.6 is 0 Å². The van der Waals surface area contributed by atoms with E-state index in [1.54, 1.807) is 6.07 Å². The lowest BCUT2D eigenvalue weighted by atomic mass is 10.2. The lowest BCUT2D eigenvalue weighted by Gasteiger charge is -2.09. The van der Waals surface area contributed by atoms with E-state index >= 15 is 0 Å². The minimum Gasteiger partial charge on any atom is -0.493 e. The van der Waals surface area contributed by atoms with Crippen molar-refractivity contribution in [1.82, 2.24) is 4.98 Å². The van der Waals surface area contributed by atoms with Crippen molar-refractivity contribution in [1.29, 1.82) is 0 Å². The van der Waals surface area contributed by atoms with Crippen molar-refractivity contribution in [2.45, 2.75) is 12.8 Å². The van der Waals surface area contributed by atoms with Crippen LogP contribution in [0.25, 0.3) is 10.9 Å². The van der Waals surface area contributed by atoms with Crippen LogP contribution < -0.4 is 4.74 Å². The number of ether oxygens (including phenoxy) is 1. The molecule has 1 aromatic heterocycles. The van der Waals surface area contributed by atoms with E-state index in [0.29, 0.717) is 17.9 Å². The molecule has 19 heavy (non-hydrogen) atoms. The summed E-state index contributed by atoms with van der Waals surface area (Å²) in [4.78, 5) is 15.1. The van der Waals surface area contributed by atoms with Crippen LogP contribution in [0.15, 0.2) is 43.0 Å². The van der Waals surface area contributed by atoms with Crippen LogP contribution in [-0.2, 0) is 0 Å². The zero-order chi connectivity index (χ0) is 13.7. The molecule has 98 valence electrons. The third-order valence-electron chi connectivity index (χ3n) is 2.71.